The molecule has 0 aliphatic heterocycles. The van der Waals surface area contributed by atoms with Gasteiger partial charge in [0.05, 0.1) is 0 Å². The van der Waals surface area contributed by atoms with Gasteiger partial charge in [0.15, 0.2) is 0 Å². The maximum atomic E-state index is 13.9. The second kappa shape index (κ2) is 5.38. The third-order valence-corrected chi connectivity index (χ3v) is 3.45. The van der Waals surface area contributed by atoms with E-state index in [0.717, 1.165) is 5.56 Å². The topological polar surface area (TPSA) is 0 Å². The van der Waals surface area contributed by atoms with E-state index in [4.69, 9.17) is 23.2 Å². The van der Waals surface area contributed by atoms with Crippen molar-refractivity contribution >= 4 is 39.1 Å². The fraction of sp³-hybridized carbons (Fsp3) is 0.0769. The summed E-state index contributed by atoms with van der Waals surface area (Å²) in [6.45, 7) is 0. The Bertz CT molecular complexity index is 535. The van der Waals surface area contributed by atoms with Crippen LogP contribution >= 0.6 is 39.1 Å². The van der Waals surface area contributed by atoms with Gasteiger partial charge in [-0.15, -0.1) is 0 Å². The molecule has 0 heterocycles. The third kappa shape index (κ3) is 3.01. The van der Waals surface area contributed by atoms with E-state index in [1.165, 1.54) is 6.07 Å². The molecule has 17 heavy (non-hydrogen) atoms. The summed E-state index contributed by atoms with van der Waals surface area (Å²) in [5.74, 6) is -0.278. The molecule has 88 valence electrons. The summed E-state index contributed by atoms with van der Waals surface area (Å²) in [7, 11) is 0. The van der Waals surface area contributed by atoms with E-state index in [1.54, 1.807) is 24.3 Å². The molecule has 2 rings (SSSR count). The molecule has 0 saturated carbocycles. The highest BCUT2D eigenvalue weighted by Gasteiger charge is 2.07. The Morgan fingerprint density at radius 2 is 1.65 bits per heavy atom. The number of benzene rings is 2. The van der Waals surface area contributed by atoms with Crippen LogP contribution in [0.15, 0.2) is 36.4 Å². The Labute approximate surface area is 117 Å². The summed E-state index contributed by atoms with van der Waals surface area (Å²) in [4.78, 5) is 0. The highest BCUT2D eigenvalue weighted by molar-refractivity contribution is 9.08. The average molecular weight is 334 g/mol. The van der Waals surface area contributed by atoms with E-state index in [-0.39, 0.29) is 5.82 Å². The molecule has 2 aromatic carbocycles. The highest BCUT2D eigenvalue weighted by Crippen LogP contribution is 2.29. The molecule has 0 nitrogen and oxygen atoms in total. The SMILES string of the molecule is Fc1cc(CBr)ccc1-c1cc(Cl)cc(Cl)c1. The second-order valence-electron chi connectivity index (χ2n) is 3.61. The standard InChI is InChI=1S/C13H8BrCl2F/c14-7-8-1-2-12(13(17)3-8)9-4-10(15)6-11(16)5-9/h1-6H,7H2. The Hall–Kier alpha value is -0.570. The van der Waals surface area contributed by atoms with Gasteiger partial charge in [-0.25, -0.2) is 4.39 Å². The molecule has 0 aliphatic rings. The van der Waals surface area contributed by atoms with Gasteiger partial charge in [0.2, 0.25) is 0 Å². The molecule has 0 aliphatic carbocycles. The average Bonchev–Trinajstić information content (AvgIpc) is 2.27. The number of hydrogen-bond acceptors (Lipinski definition) is 0. The zero-order chi connectivity index (χ0) is 12.4. The van der Waals surface area contributed by atoms with Crippen molar-refractivity contribution < 1.29 is 4.39 Å². The minimum atomic E-state index is -0.278. The van der Waals surface area contributed by atoms with Gasteiger partial charge in [-0.2, -0.15) is 0 Å². The van der Waals surface area contributed by atoms with Gasteiger partial charge in [0.1, 0.15) is 5.82 Å². The van der Waals surface area contributed by atoms with Gasteiger partial charge in [-0.3, -0.25) is 0 Å². The molecule has 0 N–H and O–H groups in total. The molecular formula is C13H8BrCl2F. The Morgan fingerprint density at radius 1 is 1.00 bits per heavy atom. The fourth-order valence-corrected chi connectivity index (χ4v) is 2.46. The van der Waals surface area contributed by atoms with Crippen LogP contribution in [-0.2, 0) is 5.33 Å². The van der Waals surface area contributed by atoms with Crippen molar-refractivity contribution in [2.75, 3.05) is 0 Å². The van der Waals surface area contributed by atoms with Crippen molar-refractivity contribution in [2.45, 2.75) is 5.33 Å². The van der Waals surface area contributed by atoms with Crippen LogP contribution in [0, 0.1) is 5.82 Å². The molecular weight excluding hydrogens is 326 g/mol. The molecule has 0 radical (unpaired) electrons. The lowest BCUT2D eigenvalue weighted by molar-refractivity contribution is 0.630. The predicted molar refractivity (Wildman–Crippen MR) is 74.5 cm³/mol. The van der Waals surface area contributed by atoms with Crippen molar-refractivity contribution in [1.82, 2.24) is 0 Å². The number of halogens is 4. The van der Waals surface area contributed by atoms with E-state index >= 15 is 0 Å². The molecule has 0 aromatic heterocycles. The fourth-order valence-electron chi connectivity index (χ4n) is 1.59. The van der Waals surface area contributed by atoms with Crippen molar-refractivity contribution in [3.8, 4) is 11.1 Å². The monoisotopic (exact) mass is 332 g/mol. The molecule has 0 spiro atoms. The molecule has 0 atom stereocenters. The molecule has 4 heteroatoms. The summed E-state index contributed by atoms with van der Waals surface area (Å²) < 4.78 is 13.9. The van der Waals surface area contributed by atoms with Crippen LogP contribution in [0.2, 0.25) is 10.0 Å². The van der Waals surface area contributed by atoms with Gasteiger partial charge >= 0.3 is 0 Å². The first-order valence-corrected chi connectivity index (χ1v) is 6.79. The molecule has 0 fully saturated rings. The molecule has 0 saturated heterocycles. The van der Waals surface area contributed by atoms with Gasteiger partial charge in [-0.1, -0.05) is 51.3 Å². The number of hydrogen-bond donors (Lipinski definition) is 0. The lowest BCUT2D eigenvalue weighted by Gasteiger charge is -2.06. The second-order valence-corrected chi connectivity index (χ2v) is 5.04. The summed E-state index contributed by atoms with van der Waals surface area (Å²) in [5, 5.41) is 1.62. The van der Waals surface area contributed by atoms with Gasteiger partial charge in [0.25, 0.3) is 0 Å². The summed E-state index contributed by atoms with van der Waals surface area (Å²) in [5.41, 5.74) is 2.07. The summed E-state index contributed by atoms with van der Waals surface area (Å²) >= 11 is 15.1. The first kappa shape index (κ1) is 12.9. The van der Waals surface area contributed by atoms with Crippen LogP contribution in [0.1, 0.15) is 5.56 Å². The maximum Gasteiger partial charge on any atom is 0.131 e. The van der Waals surface area contributed by atoms with Crippen LogP contribution in [0.3, 0.4) is 0 Å². The smallest absolute Gasteiger partial charge is 0.131 e. The zero-order valence-corrected chi connectivity index (χ0v) is 11.8. The van der Waals surface area contributed by atoms with E-state index in [9.17, 15) is 4.39 Å². The molecule has 0 amide bonds. The summed E-state index contributed by atoms with van der Waals surface area (Å²) in [6.07, 6.45) is 0. The van der Waals surface area contributed by atoms with Crippen LogP contribution in [-0.4, -0.2) is 0 Å². The maximum absolute atomic E-state index is 13.9. The third-order valence-electron chi connectivity index (χ3n) is 2.36. The quantitative estimate of drug-likeness (QED) is 0.619. The summed E-state index contributed by atoms with van der Waals surface area (Å²) in [6, 6.07) is 10.1. The van der Waals surface area contributed by atoms with Crippen LogP contribution in [0.4, 0.5) is 4.39 Å². The number of rotatable bonds is 2. The van der Waals surface area contributed by atoms with E-state index in [2.05, 4.69) is 15.9 Å². The van der Waals surface area contributed by atoms with Crippen LogP contribution < -0.4 is 0 Å². The Morgan fingerprint density at radius 3 is 2.18 bits per heavy atom. The largest absolute Gasteiger partial charge is 0.206 e. The van der Waals surface area contributed by atoms with E-state index in [0.29, 0.717) is 26.5 Å². The van der Waals surface area contributed by atoms with E-state index in [1.807, 2.05) is 6.07 Å². The van der Waals surface area contributed by atoms with Gasteiger partial charge in [-0.05, 0) is 35.4 Å². The molecule has 0 bridgehead atoms. The zero-order valence-electron chi connectivity index (χ0n) is 8.68. The minimum absolute atomic E-state index is 0.278. The molecule has 2 aromatic rings. The van der Waals surface area contributed by atoms with Crippen LogP contribution in [0.25, 0.3) is 11.1 Å². The van der Waals surface area contributed by atoms with Crippen molar-refractivity contribution in [3.63, 3.8) is 0 Å². The van der Waals surface area contributed by atoms with Crippen LogP contribution in [0.5, 0.6) is 0 Å². The lowest BCUT2D eigenvalue weighted by atomic mass is 10.0. The van der Waals surface area contributed by atoms with E-state index < -0.39 is 0 Å². The van der Waals surface area contributed by atoms with Gasteiger partial charge in [0, 0.05) is 20.9 Å². The minimum Gasteiger partial charge on any atom is -0.206 e. The predicted octanol–water partition coefficient (Wildman–Crippen LogP) is 5.69. The number of alkyl halides is 1. The first-order chi connectivity index (χ1) is 8.10. The Kier molecular flexibility index (Phi) is 4.08. The van der Waals surface area contributed by atoms with Crippen molar-refractivity contribution in [2.24, 2.45) is 0 Å². The van der Waals surface area contributed by atoms with Gasteiger partial charge < -0.3 is 0 Å². The highest BCUT2D eigenvalue weighted by atomic mass is 79.9. The van der Waals surface area contributed by atoms with Crippen molar-refractivity contribution in [1.29, 1.82) is 0 Å². The first-order valence-electron chi connectivity index (χ1n) is 4.91. The Balaban J connectivity index is 2.52. The normalized spacial score (nSPS) is 10.6. The molecule has 0 unspecified atom stereocenters. The lowest BCUT2D eigenvalue weighted by Crippen LogP contribution is -1.87. The van der Waals surface area contributed by atoms with Crippen molar-refractivity contribution in [3.05, 3.63) is 57.8 Å².